The molecule has 0 unspecified atom stereocenters. The topological polar surface area (TPSA) is 63.0 Å². The third-order valence-electron chi connectivity index (χ3n) is 1.70. The largest absolute Gasteiger partial charge is 0.397 e. The van der Waals surface area contributed by atoms with Crippen LogP contribution in [0.1, 0.15) is 6.42 Å². The summed E-state index contributed by atoms with van der Waals surface area (Å²) in [5.74, 6) is 0.880. The van der Waals surface area contributed by atoms with Gasteiger partial charge in [0.1, 0.15) is 5.82 Å². The summed E-state index contributed by atoms with van der Waals surface area (Å²) in [4.78, 5) is 4.12. The number of aromatic nitrogens is 1. The fourth-order valence-corrected chi connectivity index (χ4v) is 0.991. The summed E-state index contributed by atoms with van der Waals surface area (Å²) >= 11 is 0. The number of hydrogen-bond donors (Lipinski definition) is 3. The van der Waals surface area contributed by atoms with Crippen LogP contribution in [0.3, 0.4) is 0 Å². The number of pyridine rings is 1. The van der Waals surface area contributed by atoms with E-state index in [1.807, 2.05) is 19.2 Å². The van der Waals surface area contributed by atoms with Gasteiger partial charge in [0, 0.05) is 6.54 Å². The first kappa shape index (κ1) is 9.80. The van der Waals surface area contributed by atoms with Crippen LogP contribution >= 0.6 is 0 Å². The van der Waals surface area contributed by atoms with Crippen LogP contribution in [0.2, 0.25) is 0 Å². The number of hydrogen-bond acceptors (Lipinski definition) is 4. The molecule has 0 atom stereocenters. The monoisotopic (exact) mass is 180 g/mol. The van der Waals surface area contributed by atoms with E-state index < -0.39 is 0 Å². The second-order valence-corrected chi connectivity index (χ2v) is 2.86. The van der Waals surface area contributed by atoms with E-state index in [1.54, 1.807) is 6.20 Å². The van der Waals surface area contributed by atoms with Crippen molar-refractivity contribution in [3.8, 4) is 0 Å². The van der Waals surface area contributed by atoms with Gasteiger partial charge in [-0.15, -0.1) is 0 Å². The summed E-state index contributed by atoms with van der Waals surface area (Å²) in [5.41, 5.74) is 6.20. The van der Waals surface area contributed by atoms with E-state index in [4.69, 9.17) is 5.73 Å². The van der Waals surface area contributed by atoms with Gasteiger partial charge in [-0.1, -0.05) is 0 Å². The Balaban J connectivity index is 2.25. The first-order valence-electron chi connectivity index (χ1n) is 4.43. The summed E-state index contributed by atoms with van der Waals surface area (Å²) in [6, 6.07) is 3.72. The van der Waals surface area contributed by atoms with Crippen molar-refractivity contribution in [3.05, 3.63) is 18.3 Å². The van der Waals surface area contributed by atoms with Crippen molar-refractivity contribution in [3.63, 3.8) is 0 Å². The SMILES string of the molecule is CNCCCNc1ccc(N)cn1. The molecule has 0 saturated heterocycles. The van der Waals surface area contributed by atoms with E-state index in [0.717, 1.165) is 25.3 Å². The maximum Gasteiger partial charge on any atom is 0.126 e. The Hall–Kier alpha value is -1.29. The van der Waals surface area contributed by atoms with Crippen molar-refractivity contribution in [2.45, 2.75) is 6.42 Å². The van der Waals surface area contributed by atoms with Gasteiger partial charge in [0.05, 0.1) is 11.9 Å². The highest BCUT2D eigenvalue weighted by Crippen LogP contribution is 2.05. The molecule has 0 saturated carbocycles. The van der Waals surface area contributed by atoms with Crippen molar-refractivity contribution in [2.75, 3.05) is 31.2 Å². The zero-order valence-electron chi connectivity index (χ0n) is 7.88. The summed E-state index contributed by atoms with van der Waals surface area (Å²) in [5, 5.41) is 6.28. The maximum atomic E-state index is 5.50. The number of nitrogens with two attached hydrogens (primary N) is 1. The smallest absolute Gasteiger partial charge is 0.126 e. The van der Waals surface area contributed by atoms with E-state index in [0.29, 0.717) is 5.69 Å². The lowest BCUT2D eigenvalue weighted by Gasteiger charge is -2.04. The highest BCUT2D eigenvalue weighted by Gasteiger charge is 1.91. The number of nitrogen functional groups attached to an aromatic ring is 1. The Morgan fingerprint density at radius 1 is 1.38 bits per heavy atom. The quantitative estimate of drug-likeness (QED) is 0.583. The van der Waals surface area contributed by atoms with Gasteiger partial charge in [-0.2, -0.15) is 0 Å². The molecule has 0 spiro atoms. The van der Waals surface area contributed by atoms with Crippen molar-refractivity contribution < 1.29 is 0 Å². The van der Waals surface area contributed by atoms with E-state index in [1.165, 1.54) is 0 Å². The fraction of sp³-hybridized carbons (Fsp3) is 0.444. The summed E-state index contributed by atoms with van der Waals surface area (Å²) in [7, 11) is 1.95. The summed E-state index contributed by atoms with van der Waals surface area (Å²) in [6.07, 6.45) is 2.74. The standard InChI is InChI=1S/C9H16N4/c1-11-5-2-6-12-9-4-3-8(10)7-13-9/h3-4,7,11H,2,5-6,10H2,1H3,(H,12,13). The van der Waals surface area contributed by atoms with Crippen LogP contribution in [-0.4, -0.2) is 25.1 Å². The molecule has 0 aliphatic rings. The van der Waals surface area contributed by atoms with Crippen LogP contribution < -0.4 is 16.4 Å². The zero-order chi connectivity index (χ0) is 9.52. The third kappa shape index (κ3) is 3.75. The van der Waals surface area contributed by atoms with Crippen molar-refractivity contribution >= 4 is 11.5 Å². The molecule has 0 aliphatic heterocycles. The molecule has 72 valence electrons. The van der Waals surface area contributed by atoms with E-state index in [9.17, 15) is 0 Å². The Labute approximate surface area is 78.6 Å². The van der Waals surface area contributed by atoms with Gasteiger partial charge in [0.15, 0.2) is 0 Å². The van der Waals surface area contributed by atoms with Crippen molar-refractivity contribution in [1.29, 1.82) is 0 Å². The molecule has 4 heteroatoms. The van der Waals surface area contributed by atoms with Crippen LogP contribution in [-0.2, 0) is 0 Å². The van der Waals surface area contributed by atoms with E-state index in [-0.39, 0.29) is 0 Å². The van der Waals surface area contributed by atoms with Crippen LogP contribution in [0.4, 0.5) is 11.5 Å². The molecular weight excluding hydrogens is 164 g/mol. The van der Waals surface area contributed by atoms with Gasteiger partial charge in [-0.05, 0) is 32.1 Å². The Kier molecular flexibility index (Phi) is 4.05. The van der Waals surface area contributed by atoms with Gasteiger partial charge in [0.25, 0.3) is 0 Å². The summed E-state index contributed by atoms with van der Waals surface area (Å²) < 4.78 is 0. The molecule has 13 heavy (non-hydrogen) atoms. The lowest BCUT2D eigenvalue weighted by atomic mass is 10.4. The molecule has 0 aromatic carbocycles. The molecule has 1 heterocycles. The molecule has 0 fully saturated rings. The molecular formula is C9H16N4. The van der Waals surface area contributed by atoms with Crippen LogP contribution in [0, 0.1) is 0 Å². The molecule has 1 rings (SSSR count). The van der Waals surface area contributed by atoms with Gasteiger partial charge in [-0.3, -0.25) is 0 Å². The predicted molar refractivity (Wildman–Crippen MR) is 55.7 cm³/mol. The second kappa shape index (κ2) is 5.37. The van der Waals surface area contributed by atoms with E-state index in [2.05, 4.69) is 15.6 Å². The van der Waals surface area contributed by atoms with Gasteiger partial charge >= 0.3 is 0 Å². The predicted octanol–water partition coefficient (Wildman–Crippen LogP) is 0.685. The third-order valence-corrected chi connectivity index (χ3v) is 1.70. The minimum atomic E-state index is 0.695. The first-order chi connectivity index (χ1) is 6.33. The lowest BCUT2D eigenvalue weighted by Crippen LogP contribution is -2.13. The number of nitrogens with one attached hydrogen (secondary N) is 2. The maximum absolute atomic E-state index is 5.50. The van der Waals surface area contributed by atoms with Crippen molar-refractivity contribution in [1.82, 2.24) is 10.3 Å². The van der Waals surface area contributed by atoms with Gasteiger partial charge in [0.2, 0.25) is 0 Å². The average molecular weight is 180 g/mol. The normalized spacial score (nSPS) is 9.92. The average Bonchev–Trinajstić information content (AvgIpc) is 2.15. The first-order valence-corrected chi connectivity index (χ1v) is 4.43. The van der Waals surface area contributed by atoms with Gasteiger partial charge < -0.3 is 16.4 Å². The second-order valence-electron chi connectivity index (χ2n) is 2.86. The Bertz CT molecular complexity index is 232. The minimum Gasteiger partial charge on any atom is -0.397 e. The molecule has 0 bridgehead atoms. The van der Waals surface area contributed by atoms with E-state index >= 15 is 0 Å². The van der Waals surface area contributed by atoms with Gasteiger partial charge in [-0.25, -0.2) is 4.98 Å². The fourth-order valence-electron chi connectivity index (χ4n) is 0.991. The molecule has 4 N–H and O–H groups in total. The molecule has 4 nitrogen and oxygen atoms in total. The molecule has 0 aliphatic carbocycles. The summed E-state index contributed by atoms with van der Waals surface area (Å²) in [6.45, 7) is 1.94. The highest BCUT2D eigenvalue weighted by molar-refractivity contribution is 5.43. The Morgan fingerprint density at radius 2 is 2.23 bits per heavy atom. The molecule has 1 aromatic rings. The lowest BCUT2D eigenvalue weighted by molar-refractivity contribution is 0.747. The zero-order valence-corrected chi connectivity index (χ0v) is 7.88. The number of rotatable bonds is 5. The molecule has 0 radical (unpaired) electrons. The number of nitrogens with zero attached hydrogens (tertiary/aromatic N) is 1. The van der Waals surface area contributed by atoms with Crippen LogP contribution in [0.15, 0.2) is 18.3 Å². The minimum absolute atomic E-state index is 0.695. The van der Waals surface area contributed by atoms with Crippen LogP contribution in [0.25, 0.3) is 0 Å². The van der Waals surface area contributed by atoms with Crippen molar-refractivity contribution in [2.24, 2.45) is 0 Å². The number of anilines is 2. The molecule has 0 amide bonds. The van der Waals surface area contributed by atoms with Crippen LogP contribution in [0.5, 0.6) is 0 Å². The highest BCUT2D eigenvalue weighted by atomic mass is 15.0. The molecule has 1 aromatic heterocycles. The Morgan fingerprint density at radius 3 is 2.85 bits per heavy atom.